The van der Waals surface area contributed by atoms with Gasteiger partial charge in [-0.1, -0.05) is 11.6 Å². The Morgan fingerprint density at radius 1 is 1.21 bits per heavy atom. The van der Waals surface area contributed by atoms with Crippen LogP contribution in [0.15, 0.2) is 42.5 Å². The molecule has 3 aliphatic rings. The van der Waals surface area contributed by atoms with Crippen LogP contribution in [0.5, 0.6) is 5.75 Å². The summed E-state index contributed by atoms with van der Waals surface area (Å²) in [5.41, 5.74) is 1.58. The number of ether oxygens (including phenoxy) is 2. The largest absolute Gasteiger partial charge is 0.486 e. The van der Waals surface area contributed by atoms with E-state index in [1.165, 1.54) is 18.2 Å². The lowest BCUT2D eigenvalue weighted by atomic mass is 10.0. The number of imidazole rings is 1. The zero-order valence-electron chi connectivity index (χ0n) is 22.9. The second kappa shape index (κ2) is 10.6. The number of aromatic carboxylic acids is 1. The van der Waals surface area contributed by atoms with Crippen molar-refractivity contribution in [2.75, 3.05) is 19.7 Å². The number of benzene rings is 2. The van der Waals surface area contributed by atoms with E-state index in [4.69, 9.17) is 26.3 Å². The van der Waals surface area contributed by atoms with Crippen LogP contribution in [0.25, 0.3) is 11.0 Å². The molecule has 3 atom stereocenters. The summed E-state index contributed by atoms with van der Waals surface area (Å²) < 4.78 is 43.0. The van der Waals surface area contributed by atoms with Gasteiger partial charge in [-0.15, -0.1) is 0 Å². The van der Waals surface area contributed by atoms with E-state index in [0.29, 0.717) is 54.8 Å². The summed E-state index contributed by atoms with van der Waals surface area (Å²) in [4.78, 5) is 23.1. The third kappa shape index (κ3) is 4.99. The van der Waals surface area contributed by atoms with Crippen molar-refractivity contribution in [1.82, 2.24) is 19.4 Å². The first-order valence-corrected chi connectivity index (χ1v) is 14.4. The van der Waals surface area contributed by atoms with Gasteiger partial charge in [0.15, 0.2) is 5.82 Å². The SMILES string of the molecule is N#Cc1ccc(OCc2nc(C34CC3CN(Cc3nc5c(F)cc(C(=O)O)cc5n3C[C@@H]3CCO3)C4)ccc2F)c(Cl)c1. The fraction of sp³-hybridized carbons (Fsp3) is 0.355. The van der Waals surface area contributed by atoms with Gasteiger partial charge in [0, 0.05) is 30.8 Å². The molecule has 1 N–H and O–H groups in total. The monoisotopic (exact) mass is 605 g/mol. The molecule has 43 heavy (non-hydrogen) atoms. The van der Waals surface area contributed by atoms with Gasteiger partial charge < -0.3 is 19.1 Å². The summed E-state index contributed by atoms with van der Waals surface area (Å²) >= 11 is 6.21. The van der Waals surface area contributed by atoms with E-state index >= 15 is 0 Å². The minimum Gasteiger partial charge on any atom is -0.486 e. The van der Waals surface area contributed by atoms with Gasteiger partial charge in [-0.05, 0) is 61.2 Å². The highest BCUT2D eigenvalue weighted by atomic mass is 35.5. The molecule has 0 radical (unpaired) electrons. The van der Waals surface area contributed by atoms with Crippen LogP contribution in [-0.4, -0.2) is 56.3 Å². The van der Waals surface area contributed by atoms with Crippen molar-refractivity contribution in [3.63, 3.8) is 0 Å². The number of nitrogens with zero attached hydrogens (tertiary/aromatic N) is 5. The molecule has 2 aliphatic heterocycles. The van der Waals surface area contributed by atoms with E-state index in [2.05, 4.69) is 14.9 Å². The summed E-state index contributed by atoms with van der Waals surface area (Å²) in [5.74, 6) is -1.04. The Bertz CT molecular complexity index is 1820. The molecule has 0 bridgehead atoms. The molecule has 0 amide bonds. The van der Waals surface area contributed by atoms with Crippen molar-refractivity contribution in [3.8, 4) is 11.8 Å². The van der Waals surface area contributed by atoms with Crippen LogP contribution < -0.4 is 4.74 Å². The van der Waals surface area contributed by atoms with Gasteiger partial charge >= 0.3 is 5.97 Å². The molecule has 2 unspecified atom stereocenters. The van der Waals surface area contributed by atoms with Gasteiger partial charge in [0.05, 0.1) is 46.9 Å². The molecule has 3 fully saturated rings. The Morgan fingerprint density at radius 3 is 2.77 bits per heavy atom. The van der Waals surface area contributed by atoms with Crippen molar-refractivity contribution in [3.05, 3.63) is 87.5 Å². The van der Waals surface area contributed by atoms with Crippen LogP contribution in [0.1, 0.15) is 46.0 Å². The van der Waals surface area contributed by atoms with Crippen molar-refractivity contribution in [2.45, 2.75) is 44.1 Å². The van der Waals surface area contributed by atoms with E-state index in [1.807, 2.05) is 10.6 Å². The highest BCUT2D eigenvalue weighted by molar-refractivity contribution is 6.32. The summed E-state index contributed by atoms with van der Waals surface area (Å²) in [6.07, 6.45) is 1.76. The maximum atomic E-state index is 14.9. The molecule has 4 heterocycles. The molecule has 12 heteroatoms. The number of hydrogen-bond donors (Lipinski definition) is 1. The molecule has 9 nitrogen and oxygen atoms in total. The molecule has 7 rings (SSSR count). The quantitative estimate of drug-likeness (QED) is 0.281. The van der Waals surface area contributed by atoms with Crippen LogP contribution in [0.3, 0.4) is 0 Å². The molecule has 1 aliphatic carbocycles. The van der Waals surface area contributed by atoms with E-state index in [-0.39, 0.29) is 39.9 Å². The number of pyridine rings is 1. The van der Waals surface area contributed by atoms with Gasteiger partial charge in [0.2, 0.25) is 0 Å². The number of piperidine rings is 1. The topological polar surface area (TPSA) is 114 Å². The van der Waals surface area contributed by atoms with Gasteiger partial charge in [0.1, 0.15) is 35.2 Å². The third-order valence-corrected chi connectivity index (χ3v) is 9.04. The Morgan fingerprint density at radius 2 is 2.05 bits per heavy atom. The second-order valence-corrected chi connectivity index (χ2v) is 11.9. The third-order valence-electron chi connectivity index (χ3n) is 8.75. The fourth-order valence-electron chi connectivity index (χ4n) is 6.31. The van der Waals surface area contributed by atoms with Crippen molar-refractivity contribution < 1.29 is 28.2 Å². The zero-order valence-corrected chi connectivity index (χ0v) is 23.7. The van der Waals surface area contributed by atoms with Crippen molar-refractivity contribution >= 4 is 28.6 Å². The lowest BCUT2D eigenvalue weighted by Gasteiger charge is -2.28. The molecule has 2 saturated heterocycles. The summed E-state index contributed by atoms with van der Waals surface area (Å²) in [5, 5.41) is 18.8. The van der Waals surface area contributed by atoms with E-state index in [0.717, 1.165) is 31.1 Å². The number of aromatic nitrogens is 3. The first-order valence-electron chi connectivity index (χ1n) is 14.0. The summed E-state index contributed by atoms with van der Waals surface area (Å²) in [6, 6.07) is 12.3. The number of carboxylic acid groups (broad SMARTS) is 1. The Balaban J connectivity index is 1.11. The Kier molecular flexibility index (Phi) is 6.80. The van der Waals surface area contributed by atoms with Crippen LogP contribution in [-0.2, 0) is 29.8 Å². The molecule has 2 aromatic carbocycles. The second-order valence-electron chi connectivity index (χ2n) is 11.4. The number of carbonyl (C=O) groups is 1. The minimum atomic E-state index is -1.20. The number of carboxylic acids is 1. The summed E-state index contributed by atoms with van der Waals surface area (Å²) in [6.45, 7) is 2.89. The molecule has 0 spiro atoms. The first kappa shape index (κ1) is 27.7. The fourth-order valence-corrected chi connectivity index (χ4v) is 6.55. The van der Waals surface area contributed by atoms with Crippen LogP contribution in [0, 0.1) is 28.9 Å². The predicted molar refractivity (Wildman–Crippen MR) is 151 cm³/mol. The predicted octanol–water partition coefficient (Wildman–Crippen LogP) is 5.07. The number of halogens is 3. The van der Waals surface area contributed by atoms with Crippen LogP contribution >= 0.6 is 11.6 Å². The van der Waals surface area contributed by atoms with Gasteiger partial charge in [-0.3, -0.25) is 9.88 Å². The number of hydrogen-bond acceptors (Lipinski definition) is 7. The van der Waals surface area contributed by atoms with Crippen LogP contribution in [0.2, 0.25) is 5.02 Å². The van der Waals surface area contributed by atoms with Crippen molar-refractivity contribution in [2.24, 2.45) is 5.92 Å². The highest BCUT2D eigenvalue weighted by Crippen LogP contribution is 2.58. The Hall–Kier alpha value is -4.11. The van der Waals surface area contributed by atoms with Gasteiger partial charge in [0.25, 0.3) is 0 Å². The lowest BCUT2D eigenvalue weighted by Crippen LogP contribution is -2.33. The normalized spacial score (nSPS) is 22.7. The van der Waals surface area contributed by atoms with Crippen LogP contribution in [0.4, 0.5) is 8.78 Å². The van der Waals surface area contributed by atoms with E-state index in [9.17, 15) is 18.7 Å². The molecule has 1 saturated carbocycles. The molecular weight excluding hydrogens is 580 g/mol. The maximum Gasteiger partial charge on any atom is 0.335 e. The van der Waals surface area contributed by atoms with E-state index in [1.54, 1.807) is 18.2 Å². The molecule has 2 aromatic heterocycles. The minimum absolute atomic E-state index is 0.0331. The van der Waals surface area contributed by atoms with Gasteiger partial charge in [-0.2, -0.15) is 5.26 Å². The number of nitriles is 1. The number of rotatable bonds is 9. The summed E-state index contributed by atoms with van der Waals surface area (Å²) in [7, 11) is 0. The first-order chi connectivity index (χ1) is 20.7. The molecular formula is C31H26ClF2N5O4. The maximum absolute atomic E-state index is 14.9. The smallest absolute Gasteiger partial charge is 0.335 e. The highest BCUT2D eigenvalue weighted by Gasteiger charge is 2.61. The zero-order chi connectivity index (χ0) is 29.9. The average molecular weight is 606 g/mol. The average Bonchev–Trinajstić information content (AvgIpc) is 3.35. The number of fused-ring (bicyclic) bond motifs is 2. The Labute approximate surface area is 250 Å². The number of likely N-dealkylation sites (tertiary alicyclic amines) is 1. The van der Waals surface area contributed by atoms with Crippen molar-refractivity contribution in [1.29, 1.82) is 5.26 Å². The standard InChI is InChI=1S/C31H26ClF2N5O4/c32-21-7-17(11-35)1-3-26(21)43-15-24-22(33)2-4-27(36-24)31-10-19(31)12-38(16-31)14-28-37-29-23(34)8-18(30(40)41)9-25(29)39(28)13-20-5-6-42-20/h1-4,7-9,19-20H,5-6,10,12-16H2,(H,40,41)/t19?,20-,31?/m0/s1. The molecule has 220 valence electrons. The molecule has 4 aromatic rings. The van der Waals surface area contributed by atoms with E-state index < -0.39 is 17.6 Å². The van der Waals surface area contributed by atoms with Gasteiger partial charge in [-0.25, -0.2) is 18.6 Å². The lowest BCUT2D eigenvalue weighted by molar-refractivity contribution is -0.0591.